The third-order valence-electron chi connectivity index (χ3n) is 10.7. The number of amides is 4. The number of rotatable bonds is 5. The van der Waals surface area contributed by atoms with Crippen molar-refractivity contribution in [2.24, 2.45) is 23.7 Å². The maximum atomic E-state index is 15.4. The summed E-state index contributed by atoms with van der Waals surface area (Å²) in [6, 6.07) is 18.8. The van der Waals surface area contributed by atoms with Gasteiger partial charge in [0.2, 0.25) is 23.6 Å². The van der Waals surface area contributed by atoms with Gasteiger partial charge in [-0.25, -0.2) is 4.90 Å². The van der Waals surface area contributed by atoms with E-state index in [1.165, 1.54) is 36.2 Å². The molecule has 2 aliphatic heterocycles. The van der Waals surface area contributed by atoms with Crippen molar-refractivity contribution in [2.45, 2.75) is 50.5 Å². The molecule has 248 valence electrons. The second kappa shape index (κ2) is 11.2. The van der Waals surface area contributed by atoms with Crippen LogP contribution in [0.2, 0.25) is 5.02 Å². The van der Waals surface area contributed by atoms with Crippen molar-refractivity contribution in [3.8, 4) is 17.2 Å². The summed E-state index contributed by atoms with van der Waals surface area (Å²) in [6.07, 6.45) is 2.45. The Hall–Kier alpha value is -4.63. The van der Waals surface area contributed by atoms with Crippen molar-refractivity contribution in [3.63, 3.8) is 0 Å². The predicted molar refractivity (Wildman–Crippen MR) is 179 cm³/mol. The Labute approximate surface area is 284 Å². The fraction of sp³-hybridized carbons (Fsp3) is 0.368. The first-order valence-corrected chi connectivity index (χ1v) is 16.5. The molecule has 3 aromatic rings. The lowest BCUT2D eigenvalue weighted by Crippen LogP contribution is -2.53. The van der Waals surface area contributed by atoms with Gasteiger partial charge >= 0.3 is 0 Å². The van der Waals surface area contributed by atoms with Crippen molar-refractivity contribution in [1.82, 2.24) is 4.90 Å². The van der Waals surface area contributed by atoms with Crippen molar-refractivity contribution >= 4 is 40.9 Å². The van der Waals surface area contributed by atoms with Crippen LogP contribution in [0.4, 0.5) is 5.69 Å². The fourth-order valence-electron chi connectivity index (χ4n) is 8.93. The van der Waals surface area contributed by atoms with Gasteiger partial charge in [-0.3, -0.25) is 24.1 Å². The molecule has 0 bridgehead atoms. The van der Waals surface area contributed by atoms with E-state index in [2.05, 4.69) is 0 Å². The molecule has 2 saturated heterocycles. The highest BCUT2D eigenvalue weighted by atomic mass is 35.5. The molecule has 4 amide bonds. The van der Waals surface area contributed by atoms with Crippen LogP contribution < -0.4 is 14.4 Å². The van der Waals surface area contributed by atoms with Gasteiger partial charge in [-0.15, -0.1) is 0 Å². The minimum atomic E-state index is -1.51. The third-order valence-corrected chi connectivity index (χ3v) is 10.9. The Morgan fingerprint density at radius 3 is 2.12 bits per heavy atom. The SMILES string of the molecule is COc1cc(O)cc(OC)c1C1C2=CCC3C(=O)N(C(C)(C)C)C(=O)C3C2CC2C(=O)N(c3cccc(Cl)c3)C(=O)C21c1ccccc1. The van der Waals surface area contributed by atoms with Gasteiger partial charge in [-0.2, -0.15) is 0 Å². The second-order valence-electron chi connectivity index (χ2n) is 14.0. The lowest BCUT2D eigenvalue weighted by molar-refractivity contribution is -0.145. The molecule has 4 aliphatic rings. The molecule has 0 radical (unpaired) electrons. The van der Waals surface area contributed by atoms with Gasteiger partial charge in [0.05, 0.1) is 43.1 Å². The number of allylic oxidation sites excluding steroid dienone is 2. The monoisotopic (exact) mass is 668 g/mol. The lowest BCUT2D eigenvalue weighted by atomic mass is 9.49. The van der Waals surface area contributed by atoms with Crippen LogP contribution in [0.3, 0.4) is 0 Å². The Balaban J connectivity index is 1.55. The molecule has 2 heterocycles. The van der Waals surface area contributed by atoms with Crippen LogP contribution in [0.15, 0.2) is 78.4 Å². The lowest BCUT2D eigenvalue weighted by Gasteiger charge is -2.51. The molecule has 0 spiro atoms. The highest BCUT2D eigenvalue weighted by molar-refractivity contribution is 6.32. The number of ether oxygens (including phenoxy) is 2. The smallest absolute Gasteiger partial charge is 0.246 e. The zero-order valence-electron chi connectivity index (χ0n) is 27.4. The number of hydrogen-bond donors (Lipinski definition) is 1. The van der Waals surface area contributed by atoms with Crippen LogP contribution >= 0.6 is 11.6 Å². The summed E-state index contributed by atoms with van der Waals surface area (Å²) in [5.74, 6) is -4.59. The quantitative estimate of drug-likeness (QED) is 0.261. The van der Waals surface area contributed by atoms with Gasteiger partial charge in [-0.1, -0.05) is 59.6 Å². The zero-order chi connectivity index (χ0) is 34.3. The molecule has 1 N–H and O–H groups in total. The molecule has 7 rings (SSSR count). The molecule has 6 atom stereocenters. The first-order valence-electron chi connectivity index (χ1n) is 16.1. The third kappa shape index (κ3) is 4.36. The van der Waals surface area contributed by atoms with Crippen LogP contribution in [0, 0.1) is 23.7 Å². The van der Waals surface area contributed by atoms with E-state index in [1.807, 2.05) is 57.2 Å². The Kier molecular flexibility index (Phi) is 7.47. The number of phenolic OH excluding ortho intramolecular Hbond substituents is 1. The Bertz CT molecular complexity index is 1880. The highest BCUT2D eigenvalue weighted by Crippen LogP contribution is 2.66. The number of likely N-dealkylation sites (tertiary alicyclic amines) is 1. The number of benzene rings is 3. The molecule has 6 unspecified atom stereocenters. The Morgan fingerprint density at radius 1 is 0.854 bits per heavy atom. The van der Waals surface area contributed by atoms with Crippen molar-refractivity contribution in [1.29, 1.82) is 0 Å². The van der Waals surface area contributed by atoms with Crippen LogP contribution in [-0.2, 0) is 24.6 Å². The van der Waals surface area contributed by atoms with E-state index < -0.39 is 52.4 Å². The first-order chi connectivity index (χ1) is 22.9. The minimum Gasteiger partial charge on any atom is -0.508 e. The maximum absolute atomic E-state index is 15.4. The van der Waals surface area contributed by atoms with Crippen LogP contribution in [0.25, 0.3) is 0 Å². The number of carbonyl (C=O) groups is 4. The average Bonchev–Trinajstić information content (AvgIpc) is 3.45. The number of phenols is 1. The van der Waals surface area contributed by atoms with Crippen LogP contribution in [-0.4, -0.2) is 53.4 Å². The van der Waals surface area contributed by atoms with Crippen LogP contribution in [0.1, 0.15) is 50.7 Å². The first kappa shape index (κ1) is 31.9. The molecule has 10 heteroatoms. The van der Waals surface area contributed by atoms with Gasteiger partial charge in [0.25, 0.3) is 0 Å². The number of carbonyl (C=O) groups excluding carboxylic acids is 4. The summed E-state index contributed by atoms with van der Waals surface area (Å²) in [5.41, 5.74) is -0.0512. The largest absolute Gasteiger partial charge is 0.508 e. The zero-order valence-corrected chi connectivity index (χ0v) is 28.2. The summed E-state index contributed by atoms with van der Waals surface area (Å²) in [7, 11) is 2.94. The average molecular weight is 669 g/mol. The number of aromatic hydroxyl groups is 1. The van der Waals surface area contributed by atoms with Crippen molar-refractivity contribution < 1.29 is 33.8 Å². The molecule has 9 nitrogen and oxygen atoms in total. The molecule has 1 saturated carbocycles. The number of imide groups is 2. The number of anilines is 1. The van der Waals surface area contributed by atoms with Gasteiger partial charge in [0.1, 0.15) is 17.2 Å². The molecular weight excluding hydrogens is 632 g/mol. The summed E-state index contributed by atoms with van der Waals surface area (Å²) in [4.78, 5) is 61.0. The van der Waals surface area contributed by atoms with E-state index in [9.17, 15) is 19.5 Å². The van der Waals surface area contributed by atoms with E-state index in [4.69, 9.17) is 21.1 Å². The number of methoxy groups -OCH3 is 2. The summed E-state index contributed by atoms with van der Waals surface area (Å²) >= 11 is 6.39. The molecule has 3 fully saturated rings. The molecule has 3 aromatic carbocycles. The van der Waals surface area contributed by atoms with Gasteiger partial charge in [-0.05, 0) is 63.3 Å². The number of fused-ring (bicyclic) bond motifs is 4. The molecular formula is C38H37ClN2O7. The van der Waals surface area contributed by atoms with Crippen LogP contribution in [0.5, 0.6) is 17.2 Å². The molecule has 0 aromatic heterocycles. The van der Waals surface area contributed by atoms with E-state index in [1.54, 1.807) is 24.3 Å². The number of nitrogens with zero attached hydrogens (tertiary/aromatic N) is 2. The summed E-state index contributed by atoms with van der Waals surface area (Å²) in [6.45, 7) is 5.52. The fourth-order valence-corrected chi connectivity index (χ4v) is 9.11. The van der Waals surface area contributed by atoms with E-state index in [-0.39, 0.29) is 35.5 Å². The van der Waals surface area contributed by atoms with Gasteiger partial charge < -0.3 is 14.6 Å². The summed E-state index contributed by atoms with van der Waals surface area (Å²) in [5, 5.41) is 11.0. The highest BCUT2D eigenvalue weighted by Gasteiger charge is 2.71. The normalized spacial score (nSPS) is 28.2. The number of hydrogen-bond acceptors (Lipinski definition) is 7. The summed E-state index contributed by atoms with van der Waals surface area (Å²) < 4.78 is 11.8. The van der Waals surface area contributed by atoms with Crippen molar-refractivity contribution in [3.05, 3.63) is 94.5 Å². The van der Waals surface area contributed by atoms with E-state index in [0.717, 1.165) is 5.57 Å². The van der Waals surface area contributed by atoms with Gasteiger partial charge in [0.15, 0.2) is 0 Å². The number of halogens is 1. The second-order valence-corrected chi connectivity index (χ2v) is 14.5. The standard InChI is InChI=1S/C38H37ClN2O7/c1-37(2,3)41-33(43)25-15-14-24-26(30(25)35(41)45)19-27-34(44)40(22-13-9-12-21(39)16-22)36(46)38(27,20-10-7-6-8-11-20)32(24)31-28(47-4)17-23(42)18-29(31)48-5/h6-14,16-18,25-27,30,32,42H,15,19H2,1-5H3. The molecule has 48 heavy (non-hydrogen) atoms. The Morgan fingerprint density at radius 2 is 1.52 bits per heavy atom. The molecule has 2 aliphatic carbocycles. The minimum absolute atomic E-state index is 0.102. The van der Waals surface area contributed by atoms with E-state index >= 15 is 4.79 Å². The predicted octanol–water partition coefficient (Wildman–Crippen LogP) is 6.02. The van der Waals surface area contributed by atoms with E-state index in [0.29, 0.717) is 28.3 Å². The maximum Gasteiger partial charge on any atom is 0.246 e. The van der Waals surface area contributed by atoms with Gasteiger partial charge in [0, 0.05) is 34.2 Å². The topological polar surface area (TPSA) is 113 Å². The van der Waals surface area contributed by atoms with Crippen molar-refractivity contribution in [2.75, 3.05) is 19.1 Å².